The Morgan fingerprint density at radius 2 is 1.70 bits per heavy atom. The topological polar surface area (TPSA) is 75.2 Å². The number of anilines is 2. The lowest BCUT2D eigenvalue weighted by Crippen LogP contribution is -2.35. The van der Waals surface area contributed by atoms with Gasteiger partial charge in [-0.25, -0.2) is 0 Å². The van der Waals surface area contributed by atoms with Crippen LogP contribution in [0.4, 0.5) is 11.4 Å². The Morgan fingerprint density at radius 3 is 2.41 bits per heavy atom. The number of rotatable bonds is 3. The molecule has 0 atom stereocenters. The van der Waals surface area contributed by atoms with Gasteiger partial charge in [0.25, 0.3) is 11.8 Å². The van der Waals surface area contributed by atoms with Gasteiger partial charge in [-0.05, 0) is 54.8 Å². The largest absolute Gasteiger partial charge is 0.322 e. The van der Waals surface area contributed by atoms with Crippen molar-refractivity contribution in [2.45, 2.75) is 12.8 Å². The van der Waals surface area contributed by atoms with Crippen LogP contribution in [0, 0.1) is 0 Å². The number of amides is 2. The summed E-state index contributed by atoms with van der Waals surface area (Å²) >= 11 is 0. The molecule has 3 heterocycles. The number of pyridine rings is 2. The van der Waals surface area contributed by atoms with Crippen molar-refractivity contribution < 1.29 is 9.59 Å². The highest BCUT2D eigenvalue weighted by molar-refractivity contribution is 6.08. The van der Waals surface area contributed by atoms with E-state index in [2.05, 4.69) is 15.3 Å². The van der Waals surface area contributed by atoms with Crippen molar-refractivity contribution in [3.63, 3.8) is 0 Å². The number of hydrogen-bond acceptors (Lipinski definition) is 4. The molecule has 3 aromatic rings. The highest BCUT2D eigenvalue weighted by Crippen LogP contribution is 2.31. The minimum absolute atomic E-state index is 0.0835. The van der Waals surface area contributed by atoms with Crippen LogP contribution in [-0.2, 0) is 6.42 Å². The van der Waals surface area contributed by atoms with Gasteiger partial charge in [0.15, 0.2) is 0 Å². The van der Waals surface area contributed by atoms with Crippen molar-refractivity contribution in [2.75, 3.05) is 16.8 Å². The zero-order chi connectivity index (χ0) is 18.6. The second kappa shape index (κ2) is 7.37. The molecule has 0 spiro atoms. The van der Waals surface area contributed by atoms with Crippen LogP contribution in [0.25, 0.3) is 0 Å². The van der Waals surface area contributed by atoms with Gasteiger partial charge in [0.2, 0.25) is 0 Å². The van der Waals surface area contributed by atoms with Crippen molar-refractivity contribution in [2.24, 2.45) is 0 Å². The molecule has 0 aliphatic carbocycles. The first-order valence-corrected chi connectivity index (χ1v) is 8.78. The lowest BCUT2D eigenvalue weighted by Gasteiger charge is -2.30. The van der Waals surface area contributed by atoms with Crippen molar-refractivity contribution in [3.8, 4) is 0 Å². The Labute approximate surface area is 156 Å². The zero-order valence-electron chi connectivity index (χ0n) is 14.6. The van der Waals surface area contributed by atoms with Gasteiger partial charge in [-0.3, -0.25) is 19.6 Å². The highest BCUT2D eigenvalue weighted by atomic mass is 16.2. The first-order valence-electron chi connectivity index (χ1n) is 8.78. The molecule has 1 N–H and O–H groups in total. The van der Waals surface area contributed by atoms with E-state index in [1.807, 2.05) is 18.2 Å². The number of benzene rings is 1. The molecule has 0 fully saturated rings. The van der Waals surface area contributed by atoms with Crippen LogP contribution in [0.5, 0.6) is 0 Å². The molecular weight excluding hydrogens is 340 g/mol. The molecule has 6 nitrogen and oxygen atoms in total. The summed E-state index contributed by atoms with van der Waals surface area (Å²) in [7, 11) is 0. The van der Waals surface area contributed by atoms with Gasteiger partial charge in [0, 0.05) is 42.7 Å². The minimum atomic E-state index is -0.232. The van der Waals surface area contributed by atoms with Crippen molar-refractivity contribution in [1.29, 1.82) is 0 Å². The number of aromatic nitrogens is 2. The van der Waals surface area contributed by atoms with Gasteiger partial charge in [0.05, 0.1) is 11.1 Å². The molecule has 0 unspecified atom stereocenters. The van der Waals surface area contributed by atoms with Crippen LogP contribution in [-0.4, -0.2) is 28.3 Å². The second-order valence-corrected chi connectivity index (χ2v) is 6.34. The van der Waals surface area contributed by atoms with Gasteiger partial charge in [-0.15, -0.1) is 0 Å². The summed E-state index contributed by atoms with van der Waals surface area (Å²) in [5.74, 6) is -0.316. The predicted octanol–water partition coefficient (Wildman–Crippen LogP) is 3.32. The molecule has 2 amide bonds. The smallest absolute Gasteiger partial charge is 0.259 e. The molecule has 2 aromatic heterocycles. The average molecular weight is 358 g/mol. The maximum Gasteiger partial charge on any atom is 0.259 e. The molecule has 1 aliphatic heterocycles. The number of carbonyl (C=O) groups excluding carboxylic acids is 2. The Balaban J connectivity index is 1.61. The average Bonchev–Trinajstić information content (AvgIpc) is 2.74. The number of nitrogens with one attached hydrogen (secondary N) is 1. The fourth-order valence-electron chi connectivity index (χ4n) is 3.21. The minimum Gasteiger partial charge on any atom is -0.322 e. The van der Waals surface area contributed by atoms with Gasteiger partial charge in [0.1, 0.15) is 0 Å². The fraction of sp³-hybridized carbons (Fsp3) is 0.143. The van der Waals surface area contributed by atoms with Gasteiger partial charge >= 0.3 is 0 Å². The van der Waals surface area contributed by atoms with Gasteiger partial charge < -0.3 is 10.2 Å². The van der Waals surface area contributed by atoms with E-state index in [0.29, 0.717) is 23.4 Å². The lowest BCUT2D eigenvalue weighted by atomic mass is 10.00. The molecule has 6 heteroatoms. The summed E-state index contributed by atoms with van der Waals surface area (Å²) in [4.78, 5) is 35.0. The van der Waals surface area contributed by atoms with Crippen LogP contribution in [0.15, 0.2) is 67.3 Å². The number of hydrogen-bond donors (Lipinski definition) is 1. The molecule has 0 saturated carbocycles. The van der Waals surface area contributed by atoms with Crippen molar-refractivity contribution >= 4 is 23.2 Å². The summed E-state index contributed by atoms with van der Waals surface area (Å²) < 4.78 is 0. The predicted molar refractivity (Wildman–Crippen MR) is 103 cm³/mol. The summed E-state index contributed by atoms with van der Waals surface area (Å²) in [6.45, 7) is 0.640. The third-order valence-electron chi connectivity index (χ3n) is 4.54. The number of nitrogens with zero attached hydrogens (tertiary/aromatic N) is 3. The van der Waals surface area contributed by atoms with E-state index < -0.39 is 0 Å². The van der Waals surface area contributed by atoms with E-state index in [-0.39, 0.29) is 11.8 Å². The van der Waals surface area contributed by atoms with E-state index in [1.54, 1.807) is 47.8 Å². The molecule has 0 bridgehead atoms. The Kier molecular flexibility index (Phi) is 4.61. The summed E-state index contributed by atoms with van der Waals surface area (Å²) in [5.41, 5.74) is 3.61. The van der Waals surface area contributed by atoms with E-state index in [4.69, 9.17) is 0 Å². The number of carbonyl (C=O) groups is 2. The molecule has 134 valence electrons. The van der Waals surface area contributed by atoms with Crippen LogP contribution in [0.1, 0.15) is 32.7 Å². The first-order chi connectivity index (χ1) is 13.2. The van der Waals surface area contributed by atoms with E-state index in [1.165, 1.54) is 6.20 Å². The summed E-state index contributed by atoms with van der Waals surface area (Å²) in [6.07, 6.45) is 8.17. The van der Waals surface area contributed by atoms with E-state index >= 15 is 0 Å². The molecule has 0 radical (unpaired) electrons. The Hall–Kier alpha value is -3.54. The van der Waals surface area contributed by atoms with Crippen LogP contribution in [0.2, 0.25) is 0 Å². The molecule has 1 aromatic carbocycles. The van der Waals surface area contributed by atoms with Crippen molar-refractivity contribution in [3.05, 3.63) is 83.9 Å². The summed E-state index contributed by atoms with van der Waals surface area (Å²) in [6, 6.07) is 12.6. The molecule has 1 aliphatic rings. The molecular formula is C21H18N4O2. The zero-order valence-corrected chi connectivity index (χ0v) is 14.6. The fourth-order valence-corrected chi connectivity index (χ4v) is 3.21. The molecule has 27 heavy (non-hydrogen) atoms. The first kappa shape index (κ1) is 16.9. The lowest BCUT2D eigenvalue weighted by molar-refractivity contribution is 0.0983. The highest BCUT2D eigenvalue weighted by Gasteiger charge is 2.24. The van der Waals surface area contributed by atoms with Crippen LogP contribution < -0.4 is 10.2 Å². The van der Waals surface area contributed by atoms with Gasteiger partial charge in [-0.1, -0.05) is 6.07 Å². The third-order valence-corrected chi connectivity index (χ3v) is 4.54. The maximum atomic E-state index is 12.9. The third kappa shape index (κ3) is 3.55. The number of fused-ring (bicyclic) bond motifs is 1. The molecule has 0 saturated heterocycles. The summed E-state index contributed by atoms with van der Waals surface area (Å²) in [5, 5.41) is 2.88. The monoisotopic (exact) mass is 358 g/mol. The van der Waals surface area contributed by atoms with Crippen LogP contribution >= 0.6 is 0 Å². The Bertz CT molecular complexity index is 974. The quantitative estimate of drug-likeness (QED) is 0.779. The van der Waals surface area contributed by atoms with E-state index in [9.17, 15) is 9.59 Å². The van der Waals surface area contributed by atoms with Crippen LogP contribution in [0.3, 0.4) is 0 Å². The second-order valence-electron chi connectivity index (χ2n) is 6.34. The van der Waals surface area contributed by atoms with Gasteiger partial charge in [-0.2, -0.15) is 0 Å². The SMILES string of the molecule is O=C(Nc1ccc2c(c1)N(C(=O)c1cccnc1)CCC2)c1cccnc1. The Morgan fingerprint density at radius 1 is 0.963 bits per heavy atom. The maximum absolute atomic E-state index is 12.9. The standard InChI is InChI=1S/C21H18N4O2/c26-20(16-4-1-9-22-13-16)24-18-8-7-15-6-3-11-25(19(15)12-18)21(27)17-5-2-10-23-14-17/h1-2,4-5,7-10,12-14H,3,6,11H2,(H,24,26). The van der Waals surface area contributed by atoms with Crippen molar-refractivity contribution in [1.82, 2.24) is 9.97 Å². The molecule has 4 rings (SSSR count). The normalized spacial score (nSPS) is 13.0. The number of aryl methyl sites for hydroxylation is 1. The van der Waals surface area contributed by atoms with E-state index in [0.717, 1.165) is 24.1 Å².